The molecule has 0 aliphatic rings. The summed E-state index contributed by atoms with van der Waals surface area (Å²) in [5, 5.41) is 0. The van der Waals surface area contributed by atoms with Gasteiger partial charge < -0.3 is 0 Å². The van der Waals surface area contributed by atoms with Gasteiger partial charge in [0.25, 0.3) is 0 Å². The molecule has 3 atom stereocenters. The molecule has 0 aromatic carbocycles. The lowest BCUT2D eigenvalue weighted by atomic mass is 10.5. The Labute approximate surface area is 38.1 Å². The van der Waals surface area contributed by atoms with Crippen LogP contribution in [0.15, 0.2) is 0 Å². The van der Waals surface area contributed by atoms with Crippen LogP contribution in [0, 0.1) is 0 Å². The lowest BCUT2D eigenvalue weighted by Gasteiger charge is -1.97. The molecular weight excluding hydrogens is 105 g/mol. The molecule has 0 saturated carbocycles. The highest BCUT2D eigenvalue weighted by molar-refractivity contribution is 7.17. The Hall–Kier alpha value is 0.290. The predicted octanol–water partition coefficient (Wildman–Crippen LogP) is 1.52. The minimum atomic E-state index is -1.40. The third kappa shape index (κ3) is 2.52. The van der Waals surface area contributed by atoms with E-state index in [2.05, 4.69) is 0 Å². The Morgan fingerprint density at radius 1 is 1.50 bits per heavy atom. The maximum absolute atomic E-state index is 11.4. The first-order valence-electron chi connectivity index (χ1n) is 1.68. The van der Waals surface area contributed by atoms with Crippen LogP contribution >= 0.6 is 9.24 Å². The van der Waals surface area contributed by atoms with Crippen molar-refractivity contribution in [2.75, 3.05) is 0 Å². The molecule has 3 unspecified atom stereocenters. The molecule has 0 spiro atoms. The SMILES string of the molecule is CC(F)C(F)P. The number of hydrogen-bond donors (Lipinski definition) is 0. The summed E-state index contributed by atoms with van der Waals surface area (Å²) in [4.78, 5) is 0. The highest BCUT2D eigenvalue weighted by Gasteiger charge is 2.05. The van der Waals surface area contributed by atoms with Crippen molar-refractivity contribution in [3.8, 4) is 0 Å². The smallest absolute Gasteiger partial charge is 0.144 e. The van der Waals surface area contributed by atoms with Crippen molar-refractivity contribution in [2.45, 2.75) is 19.0 Å². The largest absolute Gasteiger partial charge is 0.244 e. The van der Waals surface area contributed by atoms with Crippen LogP contribution in [0.3, 0.4) is 0 Å². The van der Waals surface area contributed by atoms with Crippen LogP contribution in [-0.2, 0) is 0 Å². The summed E-state index contributed by atoms with van der Waals surface area (Å²) in [5.41, 5.74) is 0. The van der Waals surface area contributed by atoms with Crippen molar-refractivity contribution < 1.29 is 8.78 Å². The van der Waals surface area contributed by atoms with E-state index in [0.29, 0.717) is 0 Å². The Morgan fingerprint density at radius 3 is 1.67 bits per heavy atom. The Bertz CT molecular complexity index is 29.8. The molecule has 38 valence electrons. The zero-order valence-electron chi connectivity index (χ0n) is 3.49. The molecule has 3 heteroatoms. The fourth-order valence-corrected chi connectivity index (χ4v) is 0. The van der Waals surface area contributed by atoms with E-state index in [-0.39, 0.29) is 0 Å². The van der Waals surface area contributed by atoms with Crippen LogP contribution in [0.5, 0.6) is 0 Å². The van der Waals surface area contributed by atoms with E-state index in [4.69, 9.17) is 0 Å². The molecule has 0 aromatic heterocycles. The van der Waals surface area contributed by atoms with E-state index < -0.39 is 12.1 Å². The lowest BCUT2D eigenvalue weighted by molar-refractivity contribution is 0.254. The average Bonchev–Trinajstić information content (AvgIpc) is 1.36. The molecule has 0 aromatic rings. The average molecular weight is 112 g/mol. The van der Waals surface area contributed by atoms with E-state index >= 15 is 0 Å². The fraction of sp³-hybridized carbons (Fsp3) is 1.00. The van der Waals surface area contributed by atoms with E-state index in [1.54, 1.807) is 9.24 Å². The molecule has 0 nitrogen and oxygen atoms in total. The van der Waals surface area contributed by atoms with E-state index in [9.17, 15) is 8.78 Å². The van der Waals surface area contributed by atoms with Crippen LogP contribution in [0.1, 0.15) is 6.92 Å². The van der Waals surface area contributed by atoms with Crippen molar-refractivity contribution in [1.82, 2.24) is 0 Å². The normalized spacial score (nSPS) is 20.0. The van der Waals surface area contributed by atoms with Crippen molar-refractivity contribution in [3.05, 3.63) is 0 Å². The maximum Gasteiger partial charge on any atom is 0.144 e. The van der Waals surface area contributed by atoms with Gasteiger partial charge in [-0.25, -0.2) is 8.78 Å². The van der Waals surface area contributed by atoms with Crippen LogP contribution < -0.4 is 0 Å². The second kappa shape index (κ2) is 2.46. The minimum absolute atomic E-state index is 1.18. The van der Waals surface area contributed by atoms with Crippen LogP contribution in [0.2, 0.25) is 0 Å². The quantitative estimate of drug-likeness (QED) is 0.451. The Balaban J connectivity index is 2.99. The molecule has 0 amide bonds. The summed E-state index contributed by atoms with van der Waals surface area (Å²) in [7, 11) is 1.73. The van der Waals surface area contributed by atoms with Gasteiger partial charge in [-0.3, -0.25) is 0 Å². The van der Waals surface area contributed by atoms with Gasteiger partial charge in [0, 0.05) is 0 Å². The van der Waals surface area contributed by atoms with Crippen molar-refractivity contribution in [1.29, 1.82) is 0 Å². The molecule has 0 heterocycles. The third-order valence-corrected chi connectivity index (χ3v) is 0.969. The van der Waals surface area contributed by atoms with Crippen molar-refractivity contribution in [2.24, 2.45) is 0 Å². The van der Waals surface area contributed by atoms with Gasteiger partial charge in [-0.05, 0) is 6.92 Å². The molecule has 0 bridgehead atoms. The topological polar surface area (TPSA) is 0 Å². The molecule has 0 N–H and O–H groups in total. The van der Waals surface area contributed by atoms with Gasteiger partial charge in [-0.2, -0.15) is 0 Å². The molecule has 6 heavy (non-hydrogen) atoms. The van der Waals surface area contributed by atoms with E-state index in [1.165, 1.54) is 6.92 Å². The minimum Gasteiger partial charge on any atom is -0.244 e. The summed E-state index contributed by atoms with van der Waals surface area (Å²) in [5.74, 6) is -1.40. The van der Waals surface area contributed by atoms with E-state index in [0.717, 1.165) is 0 Å². The fourth-order valence-electron chi connectivity index (χ4n) is 0. The van der Waals surface area contributed by atoms with Gasteiger partial charge >= 0.3 is 0 Å². The Kier molecular flexibility index (Phi) is 2.58. The highest BCUT2D eigenvalue weighted by atomic mass is 31.0. The summed E-state index contributed by atoms with van der Waals surface area (Å²) in [6.45, 7) is 1.18. The van der Waals surface area contributed by atoms with Crippen LogP contribution in [0.25, 0.3) is 0 Å². The zero-order valence-corrected chi connectivity index (χ0v) is 4.64. The van der Waals surface area contributed by atoms with E-state index in [1.807, 2.05) is 0 Å². The summed E-state index contributed by atoms with van der Waals surface area (Å²) in [6.07, 6.45) is -1.35. The monoisotopic (exact) mass is 112 g/mol. The number of halogens is 2. The Morgan fingerprint density at radius 2 is 1.67 bits per heavy atom. The molecule has 0 aliphatic carbocycles. The maximum atomic E-state index is 11.4. The number of rotatable bonds is 1. The van der Waals surface area contributed by atoms with Gasteiger partial charge in [-0.15, -0.1) is 0 Å². The molecule has 0 radical (unpaired) electrons. The number of hydrogen-bond acceptors (Lipinski definition) is 0. The third-order valence-electron chi connectivity index (χ3n) is 0.439. The molecule has 0 aliphatic heterocycles. The van der Waals surface area contributed by atoms with Gasteiger partial charge in [-0.1, -0.05) is 9.24 Å². The molecule has 0 fully saturated rings. The van der Waals surface area contributed by atoms with Gasteiger partial charge in [0.15, 0.2) is 0 Å². The highest BCUT2D eigenvalue weighted by Crippen LogP contribution is 2.08. The first-order valence-corrected chi connectivity index (χ1v) is 2.35. The summed E-state index contributed by atoms with van der Waals surface area (Å²) >= 11 is 0. The van der Waals surface area contributed by atoms with Gasteiger partial charge in [0.2, 0.25) is 0 Å². The number of alkyl halides is 2. The summed E-state index contributed by atoms with van der Waals surface area (Å²) in [6, 6.07) is 0. The zero-order chi connectivity index (χ0) is 5.15. The second-order valence-corrected chi connectivity index (χ2v) is 1.76. The predicted molar refractivity (Wildman–Crippen MR) is 25.2 cm³/mol. The standard InChI is InChI=1S/C3H7F2P/c1-2(4)3(5)6/h2-3H,6H2,1H3. The van der Waals surface area contributed by atoms with Crippen molar-refractivity contribution >= 4 is 9.24 Å². The first-order chi connectivity index (χ1) is 2.64. The van der Waals surface area contributed by atoms with Gasteiger partial charge in [0.1, 0.15) is 12.1 Å². The first kappa shape index (κ1) is 6.29. The second-order valence-electron chi connectivity index (χ2n) is 1.12. The van der Waals surface area contributed by atoms with Crippen LogP contribution in [-0.4, -0.2) is 12.1 Å². The molecule has 0 rings (SSSR count). The summed E-state index contributed by atoms with van der Waals surface area (Å²) < 4.78 is 22.8. The van der Waals surface area contributed by atoms with Crippen LogP contribution in [0.4, 0.5) is 8.78 Å². The van der Waals surface area contributed by atoms with Gasteiger partial charge in [0.05, 0.1) is 0 Å². The molecule has 0 saturated heterocycles. The lowest BCUT2D eigenvalue weighted by Crippen LogP contribution is -2.02. The van der Waals surface area contributed by atoms with Crippen molar-refractivity contribution in [3.63, 3.8) is 0 Å². The molecular formula is C3H7F2P.